The Morgan fingerprint density at radius 3 is 2.53 bits per heavy atom. The SMILES string of the molecule is Clc1ccc(Nc2nnc(-c3ccc4nc(-c5c(Cl)cccc5Cl)[nH]c4c3)o2)nc1. The molecule has 148 valence electrons. The Kier molecular flexibility index (Phi) is 4.78. The molecule has 2 aromatic carbocycles. The van der Waals surface area contributed by atoms with Gasteiger partial charge >= 0.3 is 6.01 Å². The molecule has 30 heavy (non-hydrogen) atoms. The quantitative estimate of drug-likeness (QED) is 0.325. The molecule has 0 aliphatic carbocycles. The Labute approximate surface area is 185 Å². The van der Waals surface area contributed by atoms with E-state index >= 15 is 0 Å². The summed E-state index contributed by atoms with van der Waals surface area (Å²) in [6.45, 7) is 0. The lowest BCUT2D eigenvalue weighted by Crippen LogP contribution is -1.92. The van der Waals surface area contributed by atoms with E-state index in [4.69, 9.17) is 39.2 Å². The van der Waals surface area contributed by atoms with E-state index in [0.717, 1.165) is 16.6 Å². The van der Waals surface area contributed by atoms with E-state index in [9.17, 15) is 0 Å². The van der Waals surface area contributed by atoms with E-state index in [1.54, 1.807) is 30.3 Å². The number of imidazole rings is 1. The number of H-pyrrole nitrogens is 1. The van der Waals surface area contributed by atoms with Gasteiger partial charge in [-0.3, -0.25) is 5.32 Å². The zero-order valence-electron chi connectivity index (χ0n) is 15.0. The van der Waals surface area contributed by atoms with Gasteiger partial charge in [0.2, 0.25) is 5.89 Å². The van der Waals surface area contributed by atoms with E-state index in [1.165, 1.54) is 6.20 Å². The van der Waals surface area contributed by atoms with Crippen LogP contribution in [0.2, 0.25) is 15.1 Å². The first-order chi connectivity index (χ1) is 14.6. The smallest absolute Gasteiger partial charge is 0.321 e. The Morgan fingerprint density at radius 2 is 1.77 bits per heavy atom. The van der Waals surface area contributed by atoms with Crippen LogP contribution in [0.4, 0.5) is 11.8 Å². The van der Waals surface area contributed by atoms with Crippen LogP contribution in [0.1, 0.15) is 0 Å². The number of nitrogens with one attached hydrogen (secondary N) is 2. The summed E-state index contributed by atoms with van der Waals surface area (Å²) < 4.78 is 5.70. The van der Waals surface area contributed by atoms with Gasteiger partial charge in [-0.1, -0.05) is 46.0 Å². The van der Waals surface area contributed by atoms with Crippen molar-refractivity contribution in [3.8, 4) is 22.8 Å². The molecule has 0 saturated carbocycles. The predicted octanol–water partition coefficient (Wildman–Crippen LogP) is 6.38. The summed E-state index contributed by atoms with van der Waals surface area (Å²) in [7, 11) is 0. The van der Waals surface area contributed by atoms with Crippen molar-refractivity contribution < 1.29 is 4.42 Å². The summed E-state index contributed by atoms with van der Waals surface area (Å²) in [5, 5.41) is 12.6. The largest absolute Gasteiger partial charge is 0.403 e. The normalized spacial score (nSPS) is 11.2. The maximum Gasteiger partial charge on any atom is 0.321 e. The minimum Gasteiger partial charge on any atom is -0.403 e. The molecule has 0 atom stereocenters. The van der Waals surface area contributed by atoms with E-state index < -0.39 is 0 Å². The number of halogens is 3. The molecule has 0 aliphatic rings. The number of anilines is 2. The second-order valence-corrected chi connectivity index (χ2v) is 7.56. The third-order valence-corrected chi connectivity index (χ3v) is 5.17. The van der Waals surface area contributed by atoms with Crippen LogP contribution in [0.5, 0.6) is 0 Å². The summed E-state index contributed by atoms with van der Waals surface area (Å²) >= 11 is 18.4. The van der Waals surface area contributed by atoms with Gasteiger partial charge in [-0.25, -0.2) is 9.97 Å². The van der Waals surface area contributed by atoms with Crippen LogP contribution in [0.15, 0.2) is 59.1 Å². The summed E-state index contributed by atoms with van der Waals surface area (Å²) in [5.74, 6) is 1.47. The minimum absolute atomic E-state index is 0.216. The fourth-order valence-electron chi connectivity index (χ4n) is 2.93. The van der Waals surface area contributed by atoms with Crippen molar-refractivity contribution in [2.75, 3.05) is 5.32 Å². The zero-order chi connectivity index (χ0) is 20.7. The molecular formula is C20H11Cl3N6O. The highest BCUT2D eigenvalue weighted by Crippen LogP contribution is 2.34. The molecule has 5 rings (SSSR count). The average molecular weight is 458 g/mol. The molecular weight excluding hydrogens is 447 g/mol. The Bertz CT molecular complexity index is 1340. The molecule has 0 radical (unpaired) electrons. The summed E-state index contributed by atoms with van der Waals surface area (Å²) in [6.07, 6.45) is 1.52. The second-order valence-electron chi connectivity index (χ2n) is 6.31. The zero-order valence-corrected chi connectivity index (χ0v) is 17.3. The molecule has 0 fully saturated rings. The van der Waals surface area contributed by atoms with E-state index in [-0.39, 0.29) is 6.01 Å². The van der Waals surface area contributed by atoms with Gasteiger partial charge in [0.15, 0.2) is 0 Å². The predicted molar refractivity (Wildman–Crippen MR) is 117 cm³/mol. The molecule has 0 aliphatic heterocycles. The lowest BCUT2D eigenvalue weighted by molar-refractivity contribution is 0.587. The highest BCUT2D eigenvalue weighted by atomic mass is 35.5. The highest BCUT2D eigenvalue weighted by Gasteiger charge is 2.15. The van der Waals surface area contributed by atoms with E-state index in [0.29, 0.717) is 38.2 Å². The van der Waals surface area contributed by atoms with Crippen LogP contribution < -0.4 is 5.32 Å². The number of aromatic nitrogens is 5. The maximum atomic E-state index is 6.30. The lowest BCUT2D eigenvalue weighted by Gasteiger charge is -2.02. The van der Waals surface area contributed by atoms with Gasteiger partial charge < -0.3 is 9.40 Å². The summed E-state index contributed by atoms with van der Waals surface area (Å²) in [4.78, 5) is 12.0. The second kappa shape index (κ2) is 7.60. The third-order valence-electron chi connectivity index (χ3n) is 4.32. The molecule has 0 spiro atoms. The van der Waals surface area contributed by atoms with Crippen LogP contribution in [-0.2, 0) is 0 Å². The van der Waals surface area contributed by atoms with Crippen molar-refractivity contribution in [3.05, 3.63) is 69.8 Å². The lowest BCUT2D eigenvalue weighted by atomic mass is 10.2. The number of fused-ring (bicyclic) bond motifs is 1. The number of hydrogen-bond donors (Lipinski definition) is 2. The van der Waals surface area contributed by atoms with Crippen molar-refractivity contribution in [2.45, 2.75) is 0 Å². The molecule has 3 heterocycles. The number of nitrogens with zero attached hydrogens (tertiary/aromatic N) is 4. The topological polar surface area (TPSA) is 92.5 Å². The Hall–Kier alpha value is -3.13. The first kappa shape index (κ1) is 18.9. The Morgan fingerprint density at radius 1 is 0.933 bits per heavy atom. The van der Waals surface area contributed by atoms with Crippen LogP contribution in [-0.4, -0.2) is 25.1 Å². The average Bonchev–Trinajstić information content (AvgIpc) is 3.36. The van der Waals surface area contributed by atoms with E-state index in [1.807, 2.05) is 18.2 Å². The minimum atomic E-state index is 0.216. The van der Waals surface area contributed by atoms with Gasteiger partial charge in [0.05, 0.1) is 31.7 Å². The van der Waals surface area contributed by atoms with Gasteiger partial charge in [0, 0.05) is 11.8 Å². The molecule has 3 aromatic heterocycles. The summed E-state index contributed by atoms with van der Waals surface area (Å²) in [6, 6.07) is 14.5. The van der Waals surface area contributed by atoms with Gasteiger partial charge in [-0.05, 0) is 42.5 Å². The number of rotatable bonds is 4. The number of hydrogen-bond acceptors (Lipinski definition) is 6. The highest BCUT2D eigenvalue weighted by molar-refractivity contribution is 6.39. The van der Waals surface area contributed by atoms with Gasteiger partial charge in [0.1, 0.15) is 11.6 Å². The van der Waals surface area contributed by atoms with Crippen molar-refractivity contribution in [1.29, 1.82) is 0 Å². The molecule has 0 bridgehead atoms. The Balaban J connectivity index is 1.46. The van der Waals surface area contributed by atoms with Crippen molar-refractivity contribution >= 4 is 57.7 Å². The molecule has 2 N–H and O–H groups in total. The first-order valence-electron chi connectivity index (χ1n) is 8.73. The van der Waals surface area contributed by atoms with Crippen LogP contribution in [0.3, 0.4) is 0 Å². The maximum absolute atomic E-state index is 6.30. The molecule has 0 amide bonds. The molecule has 10 heteroatoms. The van der Waals surface area contributed by atoms with E-state index in [2.05, 4.69) is 30.5 Å². The number of pyridine rings is 1. The van der Waals surface area contributed by atoms with Gasteiger partial charge in [-0.15, -0.1) is 5.10 Å². The number of aromatic amines is 1. The molecule has 0 unspecified atom stereocenters. The van der Waals surface area contributed by atoms with Gasteiger partial charge in [0.25, 0.3) is 0 Å². The molecule has 7 nitrogen and oxygen atoms in total. The van der Waals surface area contributed by atoms with Crippen molar-refractivity contribution in [1.82, 2.24) is 25.1 Å². The van der Waals surface area contributed by atoms with Crippen LogP contribution >= 0.6 is 34.8 Å². The van der Waals surface area contributed by atoms with Crippen LogP contribution in [0, 0.1) is 0 Å². The van der Waals surface area contributed by atoms with Crippen molar-refractivity contribution in [3.63, 3.8) is 0 Å². The molecule has 5 aromatic rings. The summed E-state index contributed by atoms with van der Waals surface area (Å²) in [5.41, 5.74) is 2.92. The third kappa shape index (κ3) is 3.59. The monoisotopic (exact) mass is 456 g/mol. The fourth-order valence-corrected chi connectivity index (χ4v) is 3.62. The fraction of sp³-hybridized carbons (Fsp3) is 0. The standard InChI is InChI=1S/C20H11Cl3N6O/c21-11-5-7-16(24-9-11)27-20-29-28-19(30-20)10-4-6-14-15(8-10)26-18(25-14)17-12(22)2-1-3-13(17)23/h1-9H,(H,25,26)(H,24,27,29). The van der Waals surface area contributed by atoms with Crippen LogP contribution in [0.25, 0.3) is 33.9 Å². The van der Waals surface area contributed by atoms with Crippen molar-refractivity contribution in [2.24, 2.45) is 0 Å². The first-order valence-corrected chi connectivity index (χ1v) is 9.87. The van der Waals surface area contributed by atoms with Gasteiger partial charge in [-0.2, -0.15) is 0 Å². The number of benzene rings is 2. The molecule has 0 saturated heterocycles.